The Morgan fingerprint density at radius 2 is 2.00 bits per heavy atom. The quantitative estimate of drug-likeness (QED) is 0.758. The molecule has 17 heavy (non-hydrogen) atoms. The number of carbonyl (C=O) groups is 1. The van der Waals surface area contributed by atoms with E-state index in [9.17, 15) is 4.79 Å². The van der Waals surface area contributed by atoms with E-state index in [1.54, 1.807) is 7.05 Å². The van der Waals surface area contributed by atoms with Gasteiger partial charge in [-0.25, -0.2) is 0 Å². The zero-order chi connectivity index (χ0) is 12.8. The first-order valence-corrected chi connectivity index (χ1v) is 5.81. The van der Waals surface area contributed by atoms with Gasteiger partial charge in [0.05, 0.1) is 0 Å². The lowest BCUT2D eigenvalue weighted by atomic mass is 10.1. The van der Waals surface area contributed by atoms with Gasteiger partial charge in [-0.05, 0) is 31.7 Å². The minimum atomic E-state index is 0.0707. The number of hydrogen-bond donors (Lipinski definition) is 2. The Balaban J connectivity index is 2.54. The molecule has 0 saturated heterocycles. The Bertz CT molecular complexity index is 361. The van der Waals surface area contributed by atoms with Gasteiger partial charge in [-0.2, -0.15) is 0 Å². The van der Waals surface area contributed by atoms with Crippen molar-refractivity contribution in [2.24, 2.45) is 0 Å². The first-order chi connectivity index (χ1) is 8.04. The van der Waals surface area contributed by atoms with E-state index in [2.05, 4.69) is 17.1 Å². The summed E-state index contributed by atoms with van der Waals surface area (Å²) in [6.07, 6.45) is 0.520. The van der Waals surface area contributed by atoms with Crippen molar-refractivity contribution in [3.63, 3.8) is 0 Å². The number of nitrogens with two attached hydrogens (primary N) is 1. The summed E-state index contributed by atoms with van der Waals surface area (Å²) >= 11 is 0. The second-order valence-corrected chi connectivity index (χ2v) is 4.25. The normalized spacial score (nSPS) is 12.5. The molecule has 1 atom stereocenters. The second kappa shape index (κ2) is 6.25. The van der Waals surface area contributed by atoms with Gasteiger partial charge in [-0.3, -0.25) is 9.69 Å². The molecule has 1 unspecified atom stereocenters. The van der Waals surface area contributed by atoms with Gasteiger partial charge in [-0.1, -0.05) is 12.1 Å². The lowest BCUT2D eigenvalue weighted by Gasteiger charge is -2.24. The van der Waals surface area contributed by atoms with Crippen molar-refractivity contribution >= 4 is 11.6 Å². The largest absolute Gasteiger partial charge is 0.399 e. The minimum Gasteiger partial charge on any atom is -0.399 e. The molecule has 1 amide bonds. The van der Waals surface area contributed by atoms with Crippen LogP contribution in [-0.2, 0) is 4.79 Å². The van der Waals surface area contributed by atoms with Crippen molar-refractivity contribution in [2.75, 3.05) is 26.4 Å². The molecule has 1 aromatic rings. The minimum absolute atomic E-state index is 0.0707. The van der Waals surface area contributed by atoms with Crippen LogP contribution in [0.4, 0.5) is 5.69 Å². The molecule has 0 heterocycles. The molecule has 4 heteroatoms. The van der Waals surface area contributed by atoms with Gasteiger partial charge in [0.2, 0.25) is 5.91 Å². The SMILES string of the molecule is CNC(=O)CCN(C)C(C)c1ccc(N)cc1. The first kappa shape index (κ1) is 13.5. The second-order valence-electron chi connectivity index (χ2n) is 4.25. The van der Waals surface area contributed by atoms with E-state index in [4.69, 9.17) is 5.73 Å². The molecule has 0 bridgehead atoms. The van der Waals surface area contributed by atoms with E-state index in [1.807, 2.05) is 31.3 Å². The summed E-state index contributed by atoms with van der Waals surface area (Å²) in [6, 6.07) is 8.13. The van der Waals surface area contributed by atoms with Crippen LogP contribution in [0.25, 0.3) is 0 Å². The fourth-order valence-corrected chi connectivity index (χ4v) is 1.63. The highest BCUT2D eigenvalue weighted by Crippen LogP contribution is 2.19. The van der Waals surface area contributed by atoms with Crippen molar-refractivity contribution < 1.29 is 4.79 Å². The molecule has 0 aromatic heterocycles. The fraction of sp³-hybridized carbons (Fsp3) is 0.462. The van der Waals surface area contributed by atoms with Crippen molar-refractivity contribution in [3.8, 4) is 0 Å². The molecule has 0 saturated carbocycles. The highest BCUT2D eigenvalue weighted by atomic mass is 16.1. The number of carbonyl (C=O) groups excluding carboxylic acids is 1. The molecule has 4 nitrogen and oxygen atoms in total. The van der Waals surface area contributed by atoms with Gasteiger partial charge in [0.15, 0.2) is 0 Å². The van der Waals surface area contributed by atoms with Gasteiger partial charge in [0.1, 0.15) is 0 Å². The molecule has 0 aliphatic rings. The third-order valence-corrected chi connectivity index (χ3v) is 3.05. The number of nitrogen functional groups attached to an aromatic ring is 1. The molecular weight excluding hydrogens is 214 g/mol. The van der Waals surface area contributed by atoms with E-state index in [0.717, 1.165) is 12.2 Å². The summed E-state index contributed by atoms with van der Waals surface area (Å²) in [5.74, 6) is 0.0707. The molecule has 1 aromatic carbocycles. The summed E-state index contributed by atoms with van der Waals surface area (Å²) in [5.41, 5.74) is 7.63. The fourth-order valence-electron chi connectivity index (χ4n) is 1.63. The van der Waals surface area contributed by atoms with Crippen LogP contribution < -0.4 is 11.1 Å². The first-order valence-electron chi connectivity index (χ1n) is 5.81. The topological polar surface area (TPSA) is 58.4 Å². The zero-order valence-corrected chi connectivity index (χ0v) is 10.7. The van der Waals surface area contributed by atoms with Crippen molar-refractivity contribution in [1.29, 1.82) is 0 Å². The number of benzene rings is 1. The highest BCUT2D eigenvalue weighted by Gasteiger charge is 2.12. The number of hydrogen-bond acceptors (Lipinski definition) is 3. The van der Waals surface area contributed by atoms with Crippen LogP contribution in [0.2, 0.25) is 0 Å². The third kappa shape index (κ3) is 4.07. The monoisotopic (exact) mass is 235 g/mol. The summed E-state index contributed by atoms with van der Waals surface area (Å²) in [4.78, 5) is 13.3. The third-order valence-electron chi connectivity index (χ3n) is 3.05. The smallest absolute Gasteiger partial charge is 0.221 e. The van der Waals surface area contributed by atoms with Crippen molar-refractivity contribution in [1.82, 2.24) is 10.2 Å². The maximum Gasteiger partial charge on any atom is 0.221 e. The Kier molecular flexibility index (Phi) is 4.97. The maximum atomic E-state index is 11.2. The van der Waals surface area contributed by atoms with E-state index in [0.29, 0.717) is 6.42 Å². The number of rotatable bonds is 5. The number of nitrogens with zero attached hydrogens (tertiary/aromatic N) is 1. The molecule has 0 radical (unpaired) electrons. The number of anilines is 1. The van der Waals surface area contributed by atoms with Gasteiger partial charge in [0.25, 0.3) is 0 Å². The predicted octanol–water partition coefficient (Wildman–Crippen LogP) is 1.40. The van der Waals surface area contributed by atoms with Crippen LogP contribution in [0, 0.1) is 0 Å². The van der Waals surface area contributed by atoms with E-state index in [-0.39, 0.29) is 11.9 Å². The average molecular weight is 235 g/mol. The molecule has 0 aliphatic carbocycles. The van der Waals surface area contributed by atoms with Gasteiger partial charge >= 0.3 is 0 Å². The number of nitrogens with one attached hydrogen (secondary N) is 1. The van der Waals surface area contributed by atoms with E-state index >= 15 is 0 Å². The molecule has 1 rings (SSSR count). The molecular formula is C13H21N3O. The summed E-state index contributed by atoms with van der Waals surface area (Å²) in [7, 11) is 3.68. The summed E-state index contributed by atoms with van der Waals surface area (Å²) < 4.78 is 0. The van der Waals surface area contributed by atoms with Crippen molar-refractivity contribution in [2.45, 2.75) is 19.4 Å². The van der Waals surface area contributed by atoms with E-state index in [1.165, 1.54) is 5.56 Å². The molecule has 3 N–H and O–H groups in total. The number of amides is 1. The Morgan fingerprint density at radius 1 is 1.41 bits per heavy atom. The molecule has 0 spiro atoms. The molecule has 0 aliphatic heterocycles. The van der Waals surface area contributed by atoms with E-state index < -0.39 is 0 Å². The summed E-state index contributed by atoms with van der Waals surface area (Å²) in [6.45, 7) is 2.86. The molecule has 94 valence electrons. The van der Waals surface area contributed by atoms with Crippen LogP contribution >= 0.6 is 0 Å². The highest BCUT2D eigenvalue weighted by molar-refractivity contribution is 5.75. The van der Waals surface area contributed by atoms with Crippen LogP contribution in [0.3, 0.4) is 0 Å². The summed E-state index contributed by atoms with van der Waals surface area (Å²) in [5, 5.41) is 2.62. The Morgan fingerprint density at radius 3 is 2.53 bits per heavy atom. The maximum absolute atomic E-state index is 11.2. The molecule has 0 fully saturated rings. The van der Waals surface area contributed by atoms with Gasteiger partial charge in [-0.15, -0.1) is 0 Å². The lowest BCUT2D eigenvalue weighted by Crippen LogP contribution is -2.28. The standard InChI is InChI=1S/C13H21N3O/c1-10(11-4-6-12(14)7-5-11)16(3)9-8-13(17)15-2/h4-7,10H,8-9,14H2,1-3H3,(H,15,17). The van der Waals surface area contributed by atoms with Crippen molar-refractivity contribution in [3.05, 3.63) is 29.8 Å². The zero-order valence-electron chi connectivity index (χ0n) is 10.7. The van der Waals surface area contributed by atoms with Crippen LogP contribution in [0.5, 0.6) is 0 Å². The Hall–Kier alpha value is -1.55. The predicted molar refractivity (Wildman–Crippen MR) is 70.6 cm³/mol. The Labute approximate surface area is 103 Å². The van der Waals surface area contributed by atoms with Crippen LogP contribution in [0.1, 0.15) is 24.9 Å². The lowest BCUT2D eigenvalue weighted by molar-refractivity contribution is -0.120. The average Bonchev–Trinajstić information content (AvgIpc) is 2.35. The van der Waals surface area contributed by atoms with Gasteiger partial charge < -0.3 is 11.1 Å². The van der Waals surface area contributed by atoms with Crippen LogP contribution in [0.15, 0.2) is 24.3 Å². The van der Waals surface area contributed by atoms with Crippen LogP contribution in [-0.4, -0.2) is 31.4 Å². The van der Waals surface area contributed by atoms with Gasteiger partial charge in [0, 0.05) is 31.7 Å².